The van der Waals surface area contributed by atoms with Gasteiger partial charge in [0.15, 0.2) is 0 Å². The van der Waals surface area contributed by atoms with E-state index in [2.05, 4.69) is 5.32 Å². The molecule has 1 heterocycles. The molecule has 0 aliphatic heterocycles. The maximum atomic E-state index is 13.1. The molecule has 132 valence electrons. The molecule has 0 spiro atoms. The van der Waals surface area contributed by atoms with Crippen LogP contribution in [0.25, 0.3) is 0 Å². The third kappa shape index (κ3) is 3.21. The van der Waals surface area contributed by atoms with Gasteiger partial charge in [-0.2, -0.15) is 0 Å². The second kappa shape index (κ2) is 6.99. The summed E-state index contributed by atoms with van der Waals surface area (Å²) in [5.41, 5.74) is -0.697. The number of carbonyl (C=O) groups excluding carboxylic acids is 2. The Morgan fingerprint density at radius 3 is 2.54 bits per heavy atom. The van der Waals surface area contributed by atoms with Crippen LogP contribution >= 0.6 is 0 Å². The molecular formula is C19H28N2O3. The van der Waals surface area contributed by atoms with Crippen LogP contribution in [0.3, 0.4) is 0 Å². The molecule has 1 aromatic rings. The number of carbonyl (C=O) groups is 2. The molecule has 0 saturated heterocycles. The van der Waals surface area contributed by atoms with Gasteiger partial charge in [-0.05, 0) is 45.2 Å². The predicted molar refractivity (Wildman–Crippen MR) is 91.4 cm³/mol. The van der Waals surface area contributed by atoms with Crippen molar-refractivity contribution in [3.8, 4) is 0 Å². The Hall–Kier alpha value is -1.78. The zero-order chi connectivity index (χ0) is 17.2. The summed E-state index contributed by atoms with van der Waals surface area (Å²) in [4.78, 5) is 27.7. The van der Waals surface area contributed by atoms with Crippen molar-refractivity contribution in [2.75, 3.05) is 13.1 Å². The van der Waals surface area contributed by atoms with E-state index in [-0.39, 0.29) is 23.7 Å². The van der Waals surface area contributed by atoms with Crippen molar-refractivity contribution < 1.29 is 14.0 Å². The fourth-order valence-corrected chi connectivity index (χ4v) is 3.99. The van der Waals surface area contributed by atoms with Crippen molar-refractivity contribution in [1.29, 1.82) is 0 Å². The zero-order valence-corrected chi connectivity index (χ0v) is 14.7. The highest BCUT2D eigenvalue weighted by atomic mass is 16.3. The number of furan rings is 1. The first kappa shape index (κ1) is 17.1. The highest BCUT2D eigenvalue weighted by Gasteiger charge is 2.50. The van der Waals surface area contributed by atoms with Gasteiger partial charge in [0.1, 0.15) is 11.3 Å². The standard InChI is InChI=1S/C19H28N2O3/c1-3-21(4-2)18(23)19(10-6-5-7-11-19)20-17(22)15-13-14(15)16-9-8-12-24-16/h8-9,12,14-15H,3-7,10-11,13H2,1-2H3,(H,20,22). The smallest absolute Gasteiger partial charge is 0.248 e. The van der Waals surface area contributed by atoms with Gasteiger partial charge in [-0.25, -0.2) is 0 Å². The van der Waals surface area contributed by atoms with Crippen LogP contribution < -0.4 is 5.32 Å². The van der Waals surface area contributed by atoms with E-state index in [1.54, 1.807) is 6.26 Å². The summed E-state index contributed by atoms with van der Waals surface area (Å²) in [7, 11) is 0. The lowest BCUT2D eigenvalue weighted by Gasteiger charge is -2.40. The second-order valence-corrected chi connectivity index (χ2v) is 7.07. The van der Waals surface area contributed by atoms with Crippen molar-refractivity contribution in [1.82, 2.24) is 10.2 Å². The molecule has 2 saturated carbocycles. The summed E-state index contributed by atoms with van der Waals surface area (Å²) in [5, 5.41) is 3.16. The lowest BCUT2D eigenvalue weighted by atomic mass is 9.80. The molecule has 5 nitrogen and oxygen atoms in total. The van der Waals surface area contributed by atoms with Crippen molar-refractivity contribution in [2.45, 2.75) is 63.8 Å². The van der Waals surface area contributed by atoms with Crippen LogP contribution in [-0.2, 0) is 9.59 Å². The molecule has 24 heavy (non-hydrogen) atoms. The predicted octanol–water partition coefficient (Wildman–Crippen LogP) is 3.07. The van der Waals surface area contributed by atoms with Crippen LogP contribution in [-0.4, -0.2) is 35.3 Å². The van der Waals surface area contributed by atoms with E-state index in [9.17, 15) is 9.59 Å². The first-order chi connectivity index (χ1) is 11.6. The van der Waals surface area contributed by atoms with Crippen LogP contribution in [0.15, 0.2) is 22.8 Å². The number of hydrogen-bond acceptors (Lipinski definition) is 3. The summed E-state index contributed by atoms with van der Waals surface area (Å²) in [6.07, 6.45) is 7.11. The fraction of sp³-hybridized carbons (Fsp3) is 0.684. The minimum Gasteiger partial charge on any atom is -0.469 e. The number of rotatable bonds is 6. The van der Waals surface area contributed by atoms with Gasteiger partial charge < -0.3 is 14.6 Å². The third-order valence-corrected chi connectivity index (χ3v) is 5.57. The Kier molecular flexibility index (Phi) is 4.97. The van der Waals surface area contributed by atoms with E-state index in [4.69, 9.17) is 4.42 Å². The summed E-state index contributed by atoms with van der Waals surface area (Å²) < 4.78 is 5.42. The van der Waals surface area contributed by atoms with Crippen molar-refractivity contribution >= 4 is 11.8 Å². The van der Waals surface area contributed by atoms with E-state index < -0.39 is 5.54 Å². The maximum Gasteiger partial charge on any atom is 0.248 e. The lowest BCUT2D eigenvalue weighted by Crippen LogP contribution is -2.60. The van der Waals surface area contributed by atoms with Crippen LogP contribution in [0.5, 0.6) is 0 Å². The summed E-state index contributed by atoms with van der Waals surface area (Å²) in [6, 6.07) is 3.78. The minimum absolute atomic E-state index is 0.0128. The number of likely N-dealkylation sites (N-methyl/N-ethyl adjacent to an activating group) is 1. The molecule has 2 amide bonds. The first-order valence-electron chi connectivity index (χ1n) is 9.26. The quantitative estimate of drug-likeness (QED) is 0.871. The Labute approximate surface area is 143 Å². The molecule has 1 aromatic heterocycles. The van der Waals surface area contributed by atoms with Gasteiger partial charge in [0.05, 0.1) is 6.26 Å². The molecule has 0 aromatic carbocycles. The topological polar surface area (TPSA) is 62.6 Å². The molecular weight excluding hydrogens is 304 g/mol. The van der Waals surface area contributed by atoms with Crippen molar-refractivity contribution in [2.24, 2.45) is 5.92 Å². The highest BCUT2D eigenvalue weighted by Crippen LogP contribution is 2.48. The van der Waals surface area contributed by atoms with E-state index in [0.717, 1.165) is 44.3 Å². The summed E-state index contributed by atoms with van der Waals surface area (Å²) >= 11 is 0. The van der Waals surface area contributed by atoms with Gasteiger partial charge in [-0.1, -0.05) is 19.3 Å². The van der Waals surface area contributed by atoms with Gasteiger partial charge in [0.25, 0.3) is 0 Å². The van der Waals surface area contributed by atoms with Crippen molar-refractivity contribution in [3.05, 3.63) is 24.2 Å². The number of nitrogens with zero attached hydrogens (tertiary/aromatic N) is 1. The molecule has 5 heteroatoms. The molecule has 3 rings (SSSR count). The number of amides is 2. The Bertz CT molecular complexity index is 571. The first-order valence-corrected chi connectivity index (χ1v) is 9.26. The van der Waals surface area contributed by atoms with Gasteiger partial charge in [-0.15, -0.1) is 0 Å². The highest BCUT2D eigenvalue weighted by molar-refractivity contribution is 5.93. The maximum absolute atomic E-state index is 13.1. The monoisotopic (exact) mass is 332 g/mol. The van der Waals surface area contributed by atoms with E-state index >= 15 is 0 Å². The summed E-state index contributed by atoms with van der Waals surface area (Å²) in [6.45, 7) is 5.36. The van der Waals surface area contributed by atoms with Crippen LogP contribution in [0.2, 0.25) is 0 Å². The van der Waals surface area contributed by atoms with Gasteiger partial charge in [0, 0.05) is 24.9 Å². The van der Waals surface area contributed by atoms with Gasteiger partial charge in [0.2, 0.25) is 11.8 Å². The molecule has 2 unspecified atom stereocenters. The van der Waals surface area contributed by atoms with Crippen LogP contribution in [0.1, 0.15) is 64.1 Å². The molecule has 2 aliphatic rings. The molecule has 2 atom stereocenters. The van der Waals surface area contributed by atoms with Gasteiger partial charge >= 0.3 is 0 Å². The SMILES string of the molecule is CCN(CC)C(=O)C1(NC(=O)C2CC2c2ccco2)CCCCC1. The van der Waals surface area contributed by atoms with Crippen LogP contribution in [0, 0.1) is 5.92 Å². The Morgan fingerprint density at radius 1 is 1.25 bits per heavy atom. The second-order valence-electron chi connectivity index (χ2n) is 7.07. The van der Waals surface area contributed by atoms with Gasteiger partial charge in [-0.3, -0.25) is 9.59 Å². The molecule has 2 fully saturated rings. The number of nitrogens with one attached hydrogen (secondary N) is 1. The number of hydrogen-bond donors (Lipinski definition) is 1. The molecule has 0 radical (unpaired) electrons. The van der Waals surface area contributed by atoms with E-state index in [1.165, 1.54) is 0 Å². The fourth-order valence-electron chi connectivity index (χ4n) is 3.99. The van der Waals surface area contributed by atoms with Crippen molar-refractivity contribution in [3.63, 3.8) is 0 Å². The van der Waals surface area contributed by atoms with E-state index in [0.29, 0.717) is 13.1 Å². The minimum atomic E-state index is -0.697. The average Bonchev–Trinajstić information content (AvgIpc) is 3.22. The largest absolute Gasteiger partial charge is 0.469 e. The normalized spacial score (nSPS) is 25.1. The molecule has 0 bridgehead atoms. The Balaban J connectivity index is 1.70. The third-order valence-electron chi connectivity index (χ3n) is 5.57. The van der Waals surface area contributed by atoms with E-state index in [1.807, 2.05) is 30.9 Å². The molecule has 2 aliphatic carbocycles. The Morgan fingerprint density at radius 2 is 1.96 bits per heavy atom. The summed E-state index contributed by atoms with van der Waals surface area (Å²) in [5.74, 6) is 1.10. The molecule has 1 N–H and O–H groups in total. The zero-order valence-electron chi connectivity index (χ0n) is 14.7. The average molecular weight is 332 g/mol. The van der Waals surface area contributed by atoms with Crippen LogP contribution in [0.4, 0.5) is 0 Å². The lowest BCUT2D eigenvalue weighted by molar-refractivity contribution is -0.143.